The van der Waals surface area contributed by atoms with Crippen LogP contribution in [0.1, 0.15) is 47.2 Å². The van der Waals surface area contributed by atoms with Crippen LogP contribution in [0.2, 0.25) is 0 Å². The Kier molecular flexibility index (Phi) is 9.04. The standard InChI is InChI=1S/C74H50N2/c1-73(2)65-25-10-5-19-57(65)61-41-39-53(45-69(61)73)75(52-37-32-49(33-38-52)56-24-15-17-48-16-3-4-18-55(48)56)51-35-30-47(31-36-51)50-34-43-72-64(44-50)63-23-9-14-29-71(63)76(72)54-40-42-62-60-22-8-13-28-68(60)74(70(62)46-54)66-26-11-6-20-58(66)59-21-7-12-27-67(59)74/h3-46H,1-2H3. The minimum absolute atomic E-state index is 0.125. The van der Waals surface area contributed by atoms with Crippen LogP contribution in [-0.2, 0) is 10.8 Å². The third kappa shape index (κ3) is 5.93. The van der Waals surface area contributed by atoms with E-state index in [2.05, 4.69) is 290 Å². The molecule has 2 heteroatoms. The van der Waals surface area contributed by atoms with E-state index in [1.54, 1.807) is 0 Å². The van der Waals surface area contributed by atoms with Crippen LogP contribution in [0.15, 0.2) is 267 Å². The number of nitrogens with zero attached hydrogens (tertiary/aromatic N) is 2. The van der Waals surface area contributed by atoms with Crippen LogP contribution < -0.4 is 4.90 Å². The first-order valence-electron chi connectivity index (χ1n) is 26.7. The molecular weight excluding hydrogens is 917 g/mol. The third-order valence-corrected chi connectivity index (χ3v) is 17.4. The molecule has 0 bridgehead atoms. The lowest BCUT2D eigenvalue weighted by Crippen LogP contribution is -2.26. The molecule has 0 unspecified atom stereocenters. The van der Waals surface area contributed by atoms with Crippen LogP contribution in [-0.4, -0.2) is 4.57 Å². The summed E-state index contributed by atoms with van der Waals surface area (Å²) < 4.78 is 2.49. The van der Waals surface area contributed by atoms with Gasteiger partial charge in [-0.05, 0) is 167 Å². The van der Waals surface area contributed by atoms with Crippen molar-refractivity contribution >= 4 is 49.6 Å². The summed E-state index contributed by atoms with van der Waals surface area (Å²) in [5, 5.41) is 4.99. The fourth-order valence-electron chi connectivity index (χ4n) is 14.0. The van der Waals surface area contributed by atoms with Gasteiger partial charge in [-0.25, -0.2) is 0 Å². The third-order valence-electron chi connectivity index (χ3n) is 17.4. The molecule has 0 N–H and O–H groups in total. The Morgan fingerprint density at radius 3 is 1.45 bits per heavy atom. The van der Waals surface area contributed by atoms with E-state index in [1.165, 1.54) is 127 Å². The molecule has 2 nitrogen and oxygen atoms in total. The highest BCUT2D eigenvalue weighted by Crippen LogP contribution is 2.63. The zero-order valence-electron chi connectivity index (χ0n) is 42.3. The van der Waals surface area contributed by atoms with Gasteiger partial charge in [0.15, 0.2) is 0 Å². The second-order valence-electron chi connectivity index (χ2n) is 21.6. The Morgan fingerprint density at radius 2 is 0.763 bits per heavy atom. The predicted molar refractivity (Wildman–Crippen MR) is 318 cm³/mol. The fourth-order valence-corrected chi connectivity index (χ4v) is 14.0. The molecule has 12 aromatic carbocycles. The molecule has 1 heterocycles. The molecule has 0 atom stereocenters. The van der Waals surface area contributed by atoms with Crippen LogP contribution in [0.25, 0.3) is 93.9 Å². The molecule has 0 saturated carbocycles. The van der Waals surface area contributed by atoms with Crippen LogP contribution in [0.3, 0.4) is 0 Å². The first-order chi connectivity index (χ1) is 37.4. The van der Waals surface area contributed by atoms with Gasteiger partial charge < -0.3 is 9.47 Å². The second-order valence-corrected chi connectivity index (χ2v) is 21.6. The van der Waals surface area contributed by atoms with Crippen molar-refractivity contribution in [2.45, 2.75) is 24.7 Å². The highest BCUT2D eigenvalue weighted by molar-refractivity contribution is 6.11. The predicted octanol–water partition coefficient (Wildman–Crippen LogP) is 19.4. The van der Waals surface area contributed by atoms with E-state index in [9.17, 15) is 0 Å². The van der Waals surface area contributed by atoms with Gasteiger partial charge in [-0.1, -0.05) is 214 Å². The van der Waals surface area contributed by atoms with E-state index in [4.69, 9.17) is 0 Å². The lowest BCUT2D eigenvalue weighted by Gasteiger charge is -2.30. The van der Waals surface area contributed by atoms with Gasteiger partial charge in [0.2, 0.25) is 0 Å². The smallest absolute Gasteiger partial charge is 0.0726 e. The quantitative estimate of drug-likeness (QED) is 0.161. The molecule has 16 rings (SSSR count). The molecule has 3 aliphatic rings. The zero-order chi connectivity index (χ0) is 50.3. The second kappa shape index (κ2) is 16.0. The molecule has 0 fully saturated rings. The molecule has 0 saturated heterocycles. The zero-order valence-corrected chi connectivity index (χ0v) is 42.3. The Hall–Kier alpha value is -9.50. The summed E-state index contributed by atoms with van der Waals surface area (Å²) in [6.45, 7) is 4.73. The first kappa shape index (κ1) is 43.0. The summed E-state index contributed by atoms with van der Waals surface area (Å²) >= 11 is 0. The molecule has 1 spiro atoms. The van der Waals surface area contributed by atoms with Crippen molar-refractivity contribution in [2.75, 3.05) is 4.90 Å². The molecule has 3 aliphatic carbocycles. The average Bonchev–Trinajstić information content (AvgIpc) is 4.23. The minimum Gasteiger partial charge on any atom is -0.310 e. The number of benzene rings is 12. The summed E-state index contributed by atoms with van der Waals surface area (Å²) in [7, 11) is 0. The maximum absolute atomic E-state index is 2.50. The van der Waals surface area contributed by atoms with Gasteiger partial charge in [0.25, 0.3) is 0 Å². The van der Waals surface area contributed by atoms with Crippen molar-refractivity contribution < 1.29 is 0 Å². The number of para-hydroxylation sites is 1. The monoisotopic (exact) mass is 966 g/mol. The van der Waals surface area contributed by atoms with Crippen molar-refractivity contribution in [2.24, 2.45) is 0 Å². The lowest BCUT2D eigenvalue weighted by molar-refractivity contribution is 0.660. The number of rotatable bonds is 6. The summed E-state index contributed by atoms with van der Waals surface area (Å²) in [6, 6.07) is 99.9. The molecule has 356 valence electrons. The van der Waals surface area contributed by atoms with E-state index in [1.807, 2.05) is 0 Å². The molecule has 0 aliphatic heterocycles. The van der Waals surface area contributed by atoms with E-state index >= 15 is 0 Å². The highest BCUT2D eigenvalue weighted by Gasteiger charge is 2.51. The summed E-state index contributed by atoms with van der Waals surface area (Å²) in [6.07, 6.45) is 0. The summed E-state index contributed by atoms with van der Waals surface area (Å²) in [5.74, 6) is 0. The van der Waals surface area contributed by atoms with Gasteiger partial charge in [-0.2, -0.15) is 0 Å². The number of anilines is 3. The number of hydrogen-bond donors (Lipinski definition) is 0. The Labute approximate surface area is 443 Å². The fraction of sp³-hybridized carbons (Fsp3) is 0.0541. The van der Waals surface area contributed by atoms with Gasteiger partial charge in [-0.3, -0.25) is 0 Å². The van der Waals surface area contributed by atoms with Crippen molar-refractivity contribution in [3.05, 3.63) is 300 Å². The van der Waals surface area contributed by atoms with Crippen LogP contribution in [0, 0.1) is 0 Å². The maximum Gasteiger partial charge on any atom is 0.0726 e. The van der Waals surface area contributed by atoms with E-state index < -0.39 is 5.41 Å². The lowest BCUT2D eigenvalue weighted by atomic mass is 9.70. The van der Waals surface area contributed by atoms with E-state index in [0.717, 1.165) is 17.1 Å². The van der Waals surface area contributed by atoms with Gasteiger partial charge in [0, 0.05) is 38.9 Å². The Balaban J connectivity index is 0.805. The molecule has 13 aromatic rings. The average molecular weight is 967 g/mol. The largest absolute Gasteiger partial charge is 0.310 e. The molecule has 76 heavy (non-hydrogen) atoms. The summed E-state index contributed by atoms with van der Waals surface area (Å²) in [5.41, 5.74) is 27.3. The number of aromatic nitrogens is 1. The molecule has 1 aromatic heterocycles. The van der Waals surface area contributed by atoms with E-state index in [0.29, 0.717) is 0 Å². The highest BCUT2D eigenvalue weighted by atomic mass is 15.1. The van der Waals surface area contributed by atoms with Gasteiger partial charge in [-0.15, -0.1) is 0 Å². The SMILES string of the molecule is CC1(C)c2ccccc2-c2ccc(N(c3ccc(-c4ccc5c(c4)c4ccccc4n5-c4ccc5c(c4)C4(c6ccccc6-c6ccccc64)c4ccccc4-5)cc3)c3ccc(-c4cccc5ccccc45)cc3)cc21. The van der Waals surface area contributed by atoms with Crippen molar-refractivity contribution in [1.82, 2.24) is 4.57 Å². The van der Waals surface area contributed by atoms with Gasteiger partial charge in [0.1, 0.15) is 0 Å². The van der Waals surface area contributed by atoms with Crippen LogP contribution >= 0.6 is 0 Å². The van der Waals surface area contributed by atoms with Crippen molar-refractivity contribution in [3.63, 3.8) is 0 Å². The van der Waals surface area contributed by atoms with Crippen molar-refractivity contribution in [1.29, 1.82) is 0 Å². The summed E-state index contributed by atoms with van der Waals surface area (Å²) in [4.78, 5) is 2.43. The molecule has 0 radical (unpaired) electrons. The van der Waals surface area contributed by atoms with Gasteiger partial charge >= 0.3 is 0 Å². The normalized spacial score (nSPS) is 13.9. The number of fused-ring (bicyclic) bond motifs is 17. The van der Waals surface area contributed by atoms with Gasteiger partial charge in [0.05, 0.1) is 16.4 Å². The number of hydrogen-bond acceptors (Lipinski definition) is 1. The van der Waals surface area contributed by atoms with Crippen molar-refractivity contribution in [3.8, 4) is 61.3 Å². The maximum atomic E-state index is 2.50. The van der Waals surface area contributed by atoms with Crippen LogP contribution in [0.4, 0.5) is 17.1 Å². The molecule has 0 amide bonds. The first-order valence-corrected chi connectivity index (χ1v) is 26.7. The molecular formula is C74H50N2. The van der Waals surface area contributed by atoms with E-state index in [-0.39, 0.29) is 5.41 Å². The topological polar surface area (TPSA) is 8.17 Å². The Morgan fingerprint density at radius 1 is 0.289 bits per heavy atom. The van der Waals surface area contributed by atoms with Crippen LogP contribution in [0.5, 0.6) is 0 Å². The minimum atomic E-state index is -0.410. The Bertz CT molecular complexity index is 4480.